The Kier molecular flexibility index (Phi) is 5.22. The van der Waals surface area contributed by atoms with E-state index in [1.807, 2.05) is 0 Å². The number of hydrogen-bond acceptors (Lipinski definition) is 6. The third-order valence-electron chi connectivity index (χ3n) is 3.98. The number of nitrogens with zero attached hydrogens (tertiary/aromatic N) is 2. The first-order chi connectivity index (χ1) is 11.4. The number of carboxylic acid groups (broad SMARTS) is 1. The number of nitro benzene ring substituents is 1. The van der Waals surface area contributed by atoms with E-state index in [0.29, 0.717) is 19.4 Å². The van der Waals surface area contributed by atoms with Gasteiger partial charge in [0.15, 0.2) is 11.5 Å². The molecule has 0 saturated carbocycles. The van der Waals surface area contributed by atoms with E-state index in [-0.39, 0.29) is 23.5 Å². The highest BCUT2D eigenvalue weighted by atomic mass is 16.6. The van der Waals surface area contributed by atoms with Crippen LogP contribution in [0.25, 0.3) is 0 Å². The van der Waals surface area contributed by atoms with Crippen molar-refractivity contribution in [2.75, 3.05) is 20.8 Å². The average Bonchev–Trinajstić information content (AvgIpc) is 2.99. The van der Waals surface area contributed by atoms with E-state index in [1.54, 1.807) is 0 Å². The fourth-order valence-electron chi connectivity index (χ4n) is 2.86. The minimum absolute atomic E-state index is 0.143. The summed E-state index contributed by atoms with van der Waals surface area (Å²) in [4.78, 5) is 35.7. The number of ether oxygens (including phenoxy) is 2. The summed E-state index contributed by atoms with van der Waals surface area (Å²) in [6.45, 7) is 0.363. The Bertz CT molecular complexity index is 674. The van der Waals surface area contributed by atoms with Crippen LogP contribution in [0.3, 0.4) is 0 Å². The van der Waals surface area contributed by atoms with Crippen LogP contribution >= 0.6 is 0 Å². The fourth-order valence-corrected chi connectivity index (χ4v) is 2.86. The van der Waals surface area contributed by atoms with E-state index >= 15 is 0 Å². The van der Waals surface area contributed by atoms with Crippen molar-refractivity contribution in [2.45, 2.75) is 25.3 Å². The first kappa shape index (κ1) is 17.5. The van der Waals surface area contributed by atoms with Crippen LogP contribution in [0.2, 0.25) is 0 Å². The van der Waals surface area contributed by atoms with Gasteiger partial charge in [-0.15, -0.1) is 0 Å². The predicted molar refractivity (Wildman–Crippen MR) is 82.5 cm³/mol. The molecule has 1 aliphatic heterocycles. The third kappa shape index (κ3) is 3.39. The highest BCUT2D eigenvalue weighted by Gasteiger charge is 2.35. The van der Waals surface area contributed by atoms with Crippen LogP contribution in [0.5, 0.6) is 11.5 Å². The first-order valence-electron chi connectivity index (χ1n) is 7.32. The molecule has 0 aliphatic carbocycles. The minimum Gasteiger partial charge on any atom is -0.493 e. The van der Waals surface area contributed by atoms with Crippen molar-refractivity contribution in [2.24, 2.45) is 0 Å². The number of carbonyl (C=O) groups is 2. The molecule has 1 aromatic rings. The zero-order chi connectivity index (χ0) is 17.9. The zero-order valence-electron chi connectivity index (χ0n) is 13.4. The van der Waals surface area contributed by atoms with Crippen molar-refractivity contribution >= 4 is 17.6 Å². The Balaban J connectivity index is 2.44. The highest BCUT2D eigenvalue weighted by Crippen LogP contribution is 2.36. The fraction of sp³-hybridized carbons (Fsp3) is 0.467. The van der Waals surface area contributed by atoms with Crippen molar-refractivity contribution in [3.8, 4) is 11.5 Å². The summed E-state index contributed by atoms with van der Waals surface area (Å²) in [6, 6.07) is 1.92. The number of nitro groups is 1. The molecule has 1 heterocycles. The lowest BCUT2D eigenvalue weighted by Crippen LogP contribution is -2.37. The number of methoxy groups -OCH3 is 2. The van der Waals surface area contributed by atoms with Gasteiger partial charge in [0.05, 0.1) is 31.6 Å². The van der Waals surface area contributed by atoms with Gasteiger partial charge in [0, 0.05) is 18.7 Å². The van der Waals surface area contributed by atoms with Crippen LogP contribution in [-0.4, -0.2) is 53.6 Å². The summed E-state index contributed by atoms with van der Waals surface area (Å²) in [6.07, 6.45) is 1.02. The van der Waals surface area contributed by atoms with E-state index in [1.165, 1.54) is 25.2 Å². The van der Waals surface area contributed by atoms with Gasteiger partial charge in [-0.05, 0) is 12.8 Å². The van der Waals surface area contributed by atoms with E-state index in [9.17, 15) is 19.7 Å². The Hall–Kier alpha value is -2.84. The molecule has 1 unspecified atom stereocenters. The van der Waals surface area contributed by atoms with Crippen LogP contribution in [-0.2, 0) is 4.79 Å². The maximum atomic E-state index is 12.8. The molecular formula is C15H18N2O7. The Morgan fingerprint density at radius 2 is 1.96 bits per heavy atom. The molecule has 0 aromatic heterocycles. The third-order valence-corrected chi connectivity index (χ3v) is 3.98. The van der Waals surface area contributed by atoms with Crippen LogP contribution in [0.4, 0.5) is 5.69 Å². The normalized spacial score (nSPS) is 16.8. The number of carbonyl (C=O) groups excluding carboxylic acids is 1. The van der Waals surface area contributed by atoms with Gasteiger partial charge in [-0.3, -0.25) is 19.7 Å². The van der Waals surface area contributed by atoms with E-state index in [0.717, 1.165) is 6.07 Å². The van der Waals surface area contributed by atoms with Gasteiger partial charge in [-0.25, -0.2) is 0 Å². The largest absolute Gasteiger partial charge is 0.493 e. The summed E-state index contributed by atoms with van der Waals surface area (Å²) in [5.41, 5.74) is -0.548. The number of benzene rings is 1. The van der Waals surface area contributed by atoms with Crippen molar-refractivity contribution in [1.82, 2.24) is 4.90 Å². The number of amides is 1. The summed E-state index contributed by atoms with van der Waals surface area (Å²) in [5, 5.41) is 20.3. The number of likely N-dealkylation sites (tertiary alicyclic amines) is 1. The number of carboxylic acids is 1. The van der Waals surface area contributed by atoms with E-state index < -0.39 is 28.5 Å². The van der Waals surface area contributed by atoms with Gasteiger partial charge < -0.3 is 19.5 Å². The van der Waals surface area contributed by atoms with Crippen LogP contribution in [0.15, 0.2) is 12.1 Å². The molecule has 130 valence electrons. The van der Waals surface area contributed by atoms with E-state index in [2.05, 4.69) is 0 Å². The van der Waals surface area contributed by atoms with Crippen LogP contribution in [0, 0.1) is 10.1 Å². The highest BCUT2D eigenvalue weighted by molar-refractivity contribution is 5.99. The van der Waals surface area contributed by atoms with Crippen LogP contribution < -0.4 is 9.47 Å². The number of hydrogen-bond donors (Lipinski definition) is 1. The second kappa shape index (κ2) is 7.16. The zero-order valence-corrected chi connectivity index (χ0v) is 13.4. The topological polar surface area (TPSA) is 119 Å². The summed E-state index contributed by atoms with van der Waals surface area (Å²) >= 11 is 0. The second-order valence-corrected chi connectivity index (χ2v) is 5.37. The summed E-state index contributed by atoms with van der Waals surface area (Å²) in [5.74, 6) is -1.25. The monoisotopic (exact) mass is 338 g/mol. The molecule has 2 rings (SSSR count). The smallest absolute Gasteiger partial charge is 0.305 e. The molecule has 1 N–H and O–H groups in total. The second-order valence-electron chi connectivity index (χ2n) is 5.37. The van der Waals surface area contributed by atoms with Gasteiger partial charge in [-0.1, -0.05) is 0 Å². The molecule has 0 spiro atoms. The predicted octanol–water partition coefficient (Wildman–Crippen LogP) is 1.69. The summed E-state index contributed by atoms with van der Waals surface area (Å²) in [7, 11) is 2.70. The molecule has 9 heteroatoms. The molecule has 1 fully saturated rings. The molecule has 0 bridgehead atoms. The Morgan fingerprint density at radius 3 is 2.50 bits per heavy atom. The van der Waals surface area contributed by atoms with Crippen molar-refractivity contribution in [1.29, 1.82) is 0 Å². The molecule has 1 amide bonds. The van der Waals surface area contributed by atoms with Crippen molar-refractivity contribution in [3.63, 3.8) is 0 Å². The lowest BCUT2D eigenvalue weighted by molar-refractivity contribution is -0.385. The Morgan fingerprint density at radius 1 is 1.33 bits per heavy atom. The summed E-state index contributed by atoms with van der Waals surface area (Å²) < 4.78 is 10.1. The molecule has 24 heavy (non-hydrogen) atoms. The van der Waals surface area contributed by atoms with Gasteiger partial charge in [0.2, 0.25) is 0 Å². The molecule has 1 saturated heterocycles. The maximum absolute atomic E-state index is 12.8. The van der Waals surface area contributed by atoms with Crippen molar-refractivity contribution < 1.29 is 29.1 Å². The van der Waals surface area contributed by atoms with Gasteiger partial charge in [-0.2, -0.15) is 0 Å². The van der Waals surface area contributed by atoms with Gasteiger partial charge in [0.25, 0.3) is 11.6 Å². The maximum Gasteiger partial charge on any atom is 0.305 e. The SMILES string of the molecule is COc1cc(C(=O)N2CCCC2CC(=O)O)c([N+](=O)[O-])cc1OC. The van der Waals surface area contributed by atoms with Gasteiger partial charge in [0.1, 0.15) is 5.56 Å². The minimum atomic E-state index is -1.01. The van der Waals surface area contributed by atoms with Crippen LogP contribution in [0.1, 0.15) is 29.6 Å². The molecule has 0 radical (unpaired) electrons. The number of rotatable bonds is 6. The lowest BCUT2D eigenvalue weighted by Gasteiger charge is -2.23. The number of aliphatic carboxylic acids is 1. The molecule has 1 atom stereocenters. The van der Waals surface area contributed by atoms with Gasteiger partial charge >= 0.3 is 5.97 Å². The Labute approximate surface area is 137 Å². The lowest BCUT2D eigenvalue weighted by atomic mass is 10.1. The van der Waals surface area contributed by atoms with Crippen molar-refractivity contribution in [3.05, 3.63) is 27.8 Å². The molecular weight excluding hydrogens is 320 g/mol. The molecule has 1 aliphatic rings. The molecule has 9 nitrogen and oxygen atoms in total. The first-order valence-corrected chi connectivity index (χ1v) is 7.32. The standard InChI is InChI=1S/C15H18N2O7/c1-23-12-7-10(11(17(21)22)8-13(12)24-2)15(20)16-5-3-4-9(16)6-14(18)19/h7-9H,3-6H2,1-2H3,(H,18,19). The molecule has 1 aromatic carbocycles. The van der Waals surface area contributed by atoms with E-state index in [4.69, 9.17) is 14.6 Å². The average molecular weight is 338 g/mol. The quantitative estimate of drug-likeness (QED) is 0.619.